The van der Waals surface area contributed by atoms with Crippen molar-refractivity contribution in [3.05, 3.63) is 53.8 Å². The van der Waals surface area contributed by atoms with Gasteiger partial charge in [-0.2, -0.15) is 4.98 Å². The molecule has 1 fully saturated rings. The van der Waals surface area contributed by atoms with Crippen molar-refractivity contribution in [1.29, 1.82) is 0 Å². The SMILES string of the molecule is CC(Nc1nc(Nc2cc(F)c(F)c(F)c2)nc2ccccc12)C1CC1. The molecule has 4 rings (SSSR count). The summed E-state index contributed by atoms with van der Waals surface area (Å²) >= 11 is 0. The van der Waals surface area contributed by atoms with Crippen LogP contribution in [0.4, 0.5) is 30.6 Å². The van der Waals surface area contributed by atoms with E-state index in [1.54, 1.807) is 0 Å². The van der Waals surface area contributed by atoms with E-state index >= 15 is 0 Å². The summed E-state index contributed by atoms with van der Waals surface area (Å²) in [6.07, 6.45) is 2.38. The van der Waals surface area contributed by atoms with E-state index in [-0.39, 0.29) is 17.7 Å². The van der Waals surface area contributed by atoms with Crippen molar-refractivity contribution in [2.75, 3.05) is 10.6 Å². The van der Waals surface area contributed by atoms with E-state index in [1.807, 2.05) is 24.3 Å². The van der Waals surface area contributed by atoms with Gasteiger partial charge >= 0.3 is 0 Å². The summed E-state index contributed by atoms with van der Waals surface area (Å²) < 4.78 is 40.0. The molecule has 1 atom stereocenters. The first-order chi connectivity index (χ1) is 12.5. The molecule has 2 N–H and O–H groups in total. The number of anilines is 3. The summed E-state index contributed by atoms with van der Waals surface area (Å²) in [7, 11) is 0. The minimum Gasteiger partial charge on any atom is -0.367 e. The monoisotopic (exact) mass is 358 g/mol. The van der Waals surface area contributed by atoms with Crippen LogP contribution < -0.4 is 10.6 Å². The first kappa shape index (κ1) is 16.6. The molecule has 0 spiro atoms. The molecule has 7 heteroatoms. The maximum absolute atomic E-state index is 13.4. The van der Waals surface area contributed by atoms with Gasteiger partial charge in [0.2, 0.25) is 5.95 Å². The molecule has 26 heavy (non-hydrogen) atoms. The lowest BCUT2D eigenvalue weighted by Gasteiger charge is -2.16. The summed E-state index contributed by atoms with van der Waals surface area (Å²) in [5, 5.41) is 7.02. The predicted octanol–water partition coefficient (Wildman–Crippen LogP) is 5.00. The highest BCUT2D eigenvalue weighted by atomic mass is 19.2. The van der Waals surface area contributed by atoms with Gasteiger partial charge in [-0.1, -0.05) is 12.1 Å². The fourth-order valence-corrected chi connectivity index (χ4v) is 2.93. The van der Waals surface area contributed by atoms with Crippen LogP contribution >= 0.6 is 0 Å². The van der Waals surface area contributed by atoms with E-state index in [0.717, 1.165) is 17.5 Å². The third-order valence-corrected chi connectivity index (χ3v) is 4.54. The number of halogens is 3. The van der Waals surface area contributed by atoms with Gasteiger partial charge < -0.3 is 10.6 Å². The quantitative estimate of drug-likeness (QED) is 0.630. The van der Waals surface area contributed by atoms with E-state index in [4.69, 9.17) is 0 Å². The number of benzene rings is 2. The highest BCUT2D eigenvalue weighted by molar-refractivity contribution is 5.90. The molecule has 0 amide bonds. The molecule has 1 aliphatic rings. The summed E-state index contributed by atoms with van der Waals surface area (Å²) in [6, 6.07) is 9.51. The molecule has 1 heterocycles. The first-order valence-corrected chi connectivity index (χ1v) is 8.46. The zero-order valence-electron chi connectivity index (χ0n) is 14.1. The molecule has 1 unspecified atom stereocenters. The highest BCUT2D eigenvalue weighted by Gasteiger charge is 2.28. The minimum atomic E-state index is -1.50. The fraction of sp³-hybridized carbons (Fsp3) is 0.263. The van der Waals surface area contributed by atoms with Gasteiger partial charge in [0, 0.05) is 29.2 Å². The van der Waals surface area contributed by atoms with Crippen molar-refractivity contribution < 1.29 is 13.2 Å². The third kappa shape index (κ3) is 3.29. The van der Waals surface area contributed by atoms with E-state index in [9.17, 15) is 13.2 Å². The second-order valence-corrected chi connectivity index (χ2v) is 6.56. The number of para-hydroxylation sites is 1. The molecule has 1 aromatic heterocycles. The molecule has 4 nitrogen and oxygen atoms in total. The molecule has 0 aliphatic heterocycles. The Bertz CT molecular complexity index is 949. The molecule has 3 aromatic rings. The van der Waals surface area contributed by atoms with Gasteiger partial charge in [-0.15, -0.1) is 0 Å². The van der Waals surface area contributed by atoms with Gasteiger partial charge in [0.15, 0.2) is 17.5 Å². The molecule has 2 aromatic carbocycles. The average Bonchev–Trinajstić information content (AvgIpc) is 3.45. The standard InChI is InChI=1S/C19H17F3N4/c1-10(11-6-7-11)23-18-13-4-2-3-5-16(13)25-19(26-18)24-12-8-14(20)17(22)15(21)9-12/h2-5,8-11H,6-7H2,1H3,(H2,23,24,25,26). The van der Waals surface area contributed by atoms with Crippen molar-refractivity contribution in [2.45, 2.75) is 25.8 Å². The van der Waals surface area contributed by atoms with Crippen LogP contribution in [0.2, 0.25) is 0 Å². The zero-order valence-corrected chi connectivity index (χ0v) is 14.1. The first-order valence-electron chi connectivity index (χ1n) is 8.46. The molecular weight excluding hydrogens is 341 g/mol. The van der Waals surface area contributed by atoms with Gasteiger partial charge in [0.25, 0.3) is 0 Å². The number of hydrogen-bond donors (Lipinski definition) is 2. The average molecular weight is 358 g/mol. The Morgan fingerprint density at radius 3 is 2.42 bits per heavy atom. The minimum absolute atomic E-state index is 0.0397. The number of hydrogen-bond acceptors (Lipinski definition) is 4. The summed E-state index contributed by atoms with van der Waals surface area (Å²) in [5.74, 6) is -2.58. The van der Waals surface area contributed by atoms with Gasteiger partial charge in [0.1, 0.15) is 5.82 Å². The van der Waals surface area contributed by atoms with E-state index in [2.05, 4.69) is 27.5 Å². The molecule has 134 valence electrons. The maximum atomic E-state index is 13.4. The van der Waals surface area contributed by atoms with Crippen molar-refractivity contribution in [3.8, 4) is 0 Å². The molecule has 1 aliphatic carbocycles. The predicted molar refractivity (Wildman–Crippen MR) is 94.9 cm³/mol. The van der Waals surface area contributed by atoms with Crippen molar-refractivity contribution in [1.82, 2.24) is 9.97 Å². The maximum Gasteiger partial charge on any atom is 0.229 e. The van der Waals surface area contributed by atoms with E-state index in [0.29, 0.717) is 17.3 Å². The Morgan fingerprint density at radius 1 is 1.04 bits per heavy atom. The summed E-state index contributed by atoms with van der Waals surface area (Å²) in [5.41, 5.74) is 0.733. The fourth-order valence-electron chi connectivity index (χ4n) is 2.93. The molecule has 0 radical (unpaired) electrons. The van der Waals surface area contributed by atoms with Crippen LogP contribution in [0.15, 0.2) is 36.4 Å². The zero-order chi connectivity index (χ0) is 18.3. The third-order valence-electron chi connectivity index (χ3n) is 4.54. The lowest BCUT2D eigenvalue weighted by Crippen LogP contribution is -2.19. The van der Waals surface area contributed by atoms with Crippen molar-refractivity contribution >= 4 is 28.4 Å². The molecule has 0 saturated heterocycles. The highest BCUT2D eigenvalue weighted by Crippen LogP contribution is 2.35. The molecular formula is C19H17F3N4. The molecule has 1 saturated carbocycles. The number of nitrogens with one attached hydrogen (secondary N) is 2. The summed E-state index contributed by atoms with van der Waals surface area (Å²) in [6.45, 7) is 2.10. The summed E-state index contributed by atoms with van der Waals surface area (Å²) in [4.78, 5) is 8.84. The van der Waals surface area contributed by atoms with Crippen LogP contribution in [0, 0.1) is 23.4 Å². The van der Waals surface area contributed by atoms with Crippen LogP contribution in [-0.2, 0) is 0 Å². The number of nitrogens with zero attached hydrogens (tertiary/aromatic N) is 2. The van der Waals surface area contributed by atoms with Gasteiger partial charge in [-0.05, 0) is 37.8 Å². The van der Waals surface area contributed by atoms with Crippen LogP contribution in [0.5, 0.6) is 0 Å². The van der Waals surface area contributed by atoms with Crippen LogP contribution in [0.3, 0.4) is 0 Å². The van der Waals surface area contributed by atoms with Crippen LogP contribution in [-0.4, -0.2) is 16.0 Å². The normalized spacial score (nSPS) is 15.1. The van der Waals surface area contributed by atoms with Gasteiger partial charge in [0.05, 0.1) is 5.52 Å². The Morgan fingerprint density at radius 2 is 1.73 bits per heavy atom. The van der Waals surface area contributed by atoms with Crippen molar-refractivity contribution in [2.24, 2.45) is 5.92 Å². The van der Waals surface area contributed by atoms with E-state index in [1.165, 1.54) is 12.8 Å². The smallest absolute Gasteiger partial charge is 0.229 e. The number of aromatic nitrogens is 2. The Kier molecular flexibility index (Phi) is 4.14. The molecule has 0 bridgehead atoms. The van der Waals surface area contributed by atoms with Gasteiger partial charge in [-0.3, -0.25) is 0 Å². The topological polar surface area (TPSA) is 49.8 Å². The number of fused-ring (bicyclic) bond motifs is 1. The Balaban J connectivity index is 1.70. The lowest BCUT2D eigenvalue weighted by molar-refractivity contribution is 0.448. The largest absolute Gasteiger partial charge is 0.367 e. The number of rotatable bonds is 5. The second-order valence-electron chi connectivity index (χ2n) is 6.56. The second kappa shape index (κ2) is 6.48. The lowest BCUT2D eigenvalue weighted by atomic mass is 10.2. The Hall–Kier alpha value is -2.83. The van der Waals surface area contributed by atoms with E-state index < -0.39 is 17.5 Å². The van der Waals surface area contributed by atoms with Gasteiger partial charge in [-0.25, -0.2) is 18.2 Å². The van der Waals surface area contributed by atoms with Crippen molar-refractivity contribution in [3.63, 3.8) is 0 Å². The van der Waals surface area contributed by atoms with Crippen LogP contribution in [0.25, 0.3) is 10.9 Å². The Labute approximate surface area is 148 Å². The van der Waals surface area contributed by atoms with Crippen LogP contribution in [0.1, 0.15) is 19.8 Å².